The van der Waals surface area contributed by atoms with Crippen molar-refractivity contribution in [2.45, 2.75) is 26.1 Å². The van der Waals surface area contributed by atoms with Gasteiger partial charge in [0.1, 0.15) is 0 Å². The summed E-state index contributed by atoms with van der Waals surface area (Å²) in [6.45, 7) is 8.12. The molecule has 0 saturated carbocycles. The van der Waals surface area contributed by atoms with E-state index in [0.29, 0.717) is 18.5 Å². The molecule has 1 aliphatic heterocycles. The summed E-state index contributed by atoms with van der Waals surface area (Å²) >= 11 is 0. The number of halogens is 2. The van der Waals surface area contributed by atoms with E-state index in [1.54, 1.807) is 7.11 Å². The number of piperazine rings is 1. The lowest BCUT2D eigenvalue weighted by molar-refractivity contribution is 0.0543. The minimum Gasteiger partial charge on any atom is -0.383 e. The molecule has 124 valence electrons. The van der Waals surface area contributed by atoms with E-state index in [0.717, 1.165) is 45.2 Å². The molecule has 7 nitrogen and oxygen atoms in total. The van der Waals surface area contributed by atoms with Gasteiger partial charge in [-0.05, 0) is 6.92 Å². The number of nitrogens with two attached hydrogens (primary N) is 1. The molecule has 2 rings (SSSR count). The molecule has 1 aromatic rings. The lowest BCUT2D eigenvalue weighted by Crippen LogP contribution is -2.52. The van der Waals surface area contributed by atoms with Crippen LogP contribution in [0.2, 0.25) is 0 Å². The van der Waals surface area contributed by atoms with Gasteiger partial charge in [-0.3, -0.25) is 9.80 Å². The molecule has 0 spiro atoms. The van der Waals surface area contributed by atoms with Crippen molar-refractivity contribution in [2.24, 2.45) is 5.73 Å². The first-order chi connectivity index (χ1) is 9.22. The highest BCUT2D eigenvalue weighted by atomic mass is 35.5. The average molecular weight is 342 g/mol. The minimum atomic E-state index is 0. The first-order valence-corrected chi connectivity index (χ1v) is 6.69. The number of methoxy groups -OCH3 is 1. The lowest BCUT2D eigenvalue weighted by atomic mass is 10.2. The summed E-state index contributed by atoms with van der Waals surface area (Å²) in [6.07, 6.45) is 0. The van der Waals surface area contributed by atoms with Crippen LogP contribution in [0.15, 0.2) is 4.52 Å². The fourth-order valence-corrected chi connectivity index (χ4v) is 2.39. The van der Waals surface area contributed by atoms with E-state index in [4.69, 9.17) is 15.0 Å². The summed E-state index contributed by atoms with van der Waals surface area (Å²) in [5.74, 6) is 1.22. The topological polar surface area (TPSA) is 80.7 Å². The van der Waals surface area contributed by atoms with Crippen LogP contribution in [0.4, 0.5) is 0 Å². The third-order valence-corrected chi connectivity index (χ3v) is 3.48. The quantitative estimate of drug-likeness (QED) is 0.807. The van der Waals surface area contributed by atoms with Gasteiger partial charge >= 0.3 is 0 Å². The van der Waals surface area contributed by atoms with Gasteiger partial charge in [0.25, 0.3) is 0 Å². The molecule has 2 N–H and O–H groups in total. The number of ether oxygens (including phenoxy) is 1. The first kappa shape index (κ1) is 20.6. The van der Waals surface area contributed by atoms with E-state index in [9.17, 15) is 0 Å². The Morgan fingerprint density at radius 1 is 1.38 bits per heavy atom. The Labute approximate surface area is 138 Å². The van der Waals surface area contributed by atoms with Crippen LogP contribution in [0.1, 0.15) is 18.6 Å². The van der Waals surface area contributed by atoms with Crippen LogP contribution >= 0.6 is 24.8 Å². The largest absolute Gasteiger partial charge is 0.383 e. The maximum Gasteiger partial charge on any atom is 0.240 e. The second kappa shape index (κ2) is 10.3. The number of rotatable bonds is 6. The first-order valence-electron chi connectivity index (χ1n) is 6.69. The second-order valence-electron chi connectivity index (χ2n) is 4.92. The predicted octanol–water partition coefficient (Wildman–Crippen LogP) is 0.524. The molecule has 1 aromatic heterocycles. The second-order valence-corrected chi connectivity index (χ2v) is 4.92. The van der Waals surface area contributed by atoms with Gasteiger partial charge < -0.3 is 15.0 Å². The molecule has 0 amide bonds. The summed E-state index contributed by atoms with van der Waals surface area (Å²) in [5.41, 5.74) is 5.45. The van der Waals surface area contributed by atoms with Crippen LogP contribution < -0.4 is 5.73 Å². The predicted molar refractivity (Wildman–Crippen MR) is 84.9 cm³/mol. The van der Waals surface area contributed by atoms with Crippen molar-refractivity contribution in [1.82, 2.24) is 19.9 Å². The highest BCUT2D eigenvalue weighted by molar-refractivity contribution is 5.85. The van der Waals surface area contributed by atoms with Crippen molar-refractivity contribution in [3.63, 3.8) is 0 Å². The average Bonchev–Trinajstić information content (AvgIpc) is 2.85. The molecule has 0 aromatic carbocycles. The summed E-state index contributed by atoms with van der Waals surface area (Å²) < 4.78 is 10.1. The zero-order valence-electron chi connectivity index (χ0n) is 12.5. The summed E-state index contributed by atoms with van der Waals surface area (Å²) in [4.78, 5) is 9.03. The van der Waals surface area contributed by atoms with E-state index >= 15 is 0 Å². The van der Waals surface area contributed by atoms with Gasteiger partial charge in [0.2, 0.25) is 5.89 Å². The number of hydrogen-bond acceptors (Lipinski definition) is 7. The summed E-state index contributed by atoms with van der Waals surface area (Å²) in [7, 11) is 1.74. The van der Waals surface area contributed by atoms with Crippen molar-refractivity contribution in [2.75, 3.05) is 39.9 Å². The molecule has 1 atom stereocenters. The van der Waals surface area contributed by atoms with Crippen LogP contribution in [-0.4, -0.2) is 65.9 Å². The van der Waals surface area contributed by atoms with Gasteiger partial charge in [-0.1, -0.05) is 5.16 Å². The third-order valence-electron chi connectivity index (χ3n) is 3.48. The highest BCUT2D eigenvalue weighted by Crippen LogP contribution is 2.11. The van der Waals surface area contributed by atoms with Gasteiger partial charge in [-0.25, -0.2) is 0 Å². The van der Waals surface area contributed by atoms with Gasteiger partial charge in [-0.15, -0.1) is 24.8 Å². The van der Waals surface area contributed by atoms with Crippen molar-refractivity contribution in [3.05, 3.63) is 11.7 Å². The Balaban J connectivity index is 0.00000200. The van der Waals surface area contributed by atoms with E-state index in [-0.39, 0.29) is 24.8 Å². The minimum absolute atomic E-state index is 0. The SMILES string of the molecule is COCCN1CCN(Cc2noc(CN)n2)CC1C.Cl.Cl. The monoisotopic (exact) mass is 341 g/mol. The third kappa shape index (κ3) is 6.06. The van der Waals surface area contributed by atoms with Crippen molar-refractivity contribution in [3.8, 4) is 0 Å². The standard InChI is InChI=1S/C12H23N5O2.2ClH/c1-10-8-16(3-4-17(10)5-6-18-2)9-11-14-12(7-13)19-15-11;;/h10H,3-9,13H2,1-2H3;2*1H. The molecule has 2 heterocycles. The molecule has 1 unspecified atom stereocenters. The van der Waals surface area contributed by atoms with E-state index in [1.807, 2.05) is 0 Å². The van der Waals surface area contributed by atoms with Crippen LogP contribution in [0.25, 0.3) is 0 Å². The van der Waals surface area contributed by atoms with Crippen LogP contribution in [-0.2, 0) is 17.8 Å². The van der Waals surface area contributed by atoms with Gasteiger partial charge in [-0.2, -0.15) is 4.98 Å². The summed E-state index contributed by atoms with van der Waals surface area (Å²) in [5, 5.41) is 3.93. The van der Waals surface area contributed by atoms with Crippen LogP contribution in [0.5, 0.6) is 0 Å². The number of aromatic nitrogens is 2. The Kier molecular flexibility index (Phi) is 10.1. The van der Waals surface area contributed by atoms with Crippen LogP contribution in [0, 0.1) is 0 Å². The highest BCUT2D eigenvalue weighted by Gasteiger charge is 2.24. The molecule has 9 heteroatoms. The van der Waals surface area contributed by atoms with Gasteiger partial charge in [0.15, 0.2) is 5.82 Å². The molecule has 0 radical (unpaired) electrons. The van der Waals surface area contributed by atoms with Crippen molar-refractivity contribution in [1.29, 1.82) is 0 Å². The fourth-order valence-electron chi connectivity index (χ4n) is 2.39. The Morgan fingerprint density at radius 2 is 2.14 bits per heavy atom. The van der Waals surface area contributed by atoms with Crippen LogP contribution in [0.3, 0.4) is 0 Å². The molecule has 0 aliphatic carbocycles. The zero-order valence-corrected chi connectivity index (χ0v) is 14.2. The van der Waals surface area contributed by atoms with Crippen molar-refractivity contribution >= 4 is 24.8 Å². The van der Waals surface area contributed by atoms with E-state index in [2.05, 4.69) is 26.9 Å². The maximum absolute atomic E-state index is 5.45. The Morgan fingerprint density at radius 3 is 2.71 bits per heavy atom. The van der Waals surface area contributed by atoms with Gasteiger partial charge in [0, 0.05) is 39.3 Å². The summed E-state index contributed by atoms with van der Waals surface area (Å²) in [6, 6.07) is 0.518. The molecule has 0 bridgehead atoms. The Hall–Kier alpha value is -0.440. The molecular weight excluding hydrogens is 317 g/mol. The lowest BCUT2D eigenvalue weighted by Gasteiger charge is -2.39. The zero-order chi connectivity index (χ0) is 13.7. The normalized spacial score (nSPS) is 19.9. The van der Waals surface area contributed by atoms with Crippen molar-refractivity contribution < 1.29 is 9.26 Å². The molecule has 1 aliphatic rings. The number of hydrogen-bond donors (Lipinski definition) is 1. The fraction of sp³-hybridized carbons (Fsp3) is 0.833. The molecular formula is C12H25Cl2N5O2. The smallest absolute Gasteiger partial charge is 0.240 e. The maximum atomic E-state index is 5.45. The van der Waals surface area contributed by atoms with E-state index < -0.39 is 0 Å². The van der Waals surface area contributed by atoms with E-state index in [1.165, 1.54) is 0 Å². The Bertz CT molecular complexity index is 393. The van der Waals surface area contributed by atoms with Gasteiger partial charge in [0.05, 0.1) is 19.7 Å². The molecule has 1 saturated heterocycles. The molecule has 21 heavy (non-hydrogen) atoms. The number of nitrogens with zero attached hydrogens (tertiary/aromatic N) is 4. The molecule has 1 fully saturated rings.